The number of unbranched alkanes of at least 4 members (excludes halogenated alkanes) is 4. The first-order valence-electron chi connectivity index (χ1n) is 9.87. The summed E-state index contributed by atoms with van der Waals surface area (Å²) in [6.07, 6.45) is 5.85. The van der Waals surface area contributed by atoms with Crippen molar-refractivity contribution in [1.29, 1.82) is 0 Å². The first-order valence-corrected chi connectivity index (χ1v) is 9.87. The van der Waals surface area contributed by atoms with E-state index >= 15 is 0 Å². The maximum atomic E-state index is 11.4. The molecule has 0 unspecified atom stereocenters. The second-order valence-corrected chi connectivity index (χ2v) is 6.00. The van der Waals surface area contributed by atoms with Gasteiger partial charge in [-0.1, -0.05) is 76.8 Å². The van der Waals surface area contributed by atoms with Gasteiger partial charge in [-0.2, -0.15) is 0 Å². The summed E-state index contributed by atoms with van der Waals surface area (Å²) in [6, 6.07) is 14.6. The van der Waals surface area contributed by atoms with Gasteiger partial charge < -0.3 is 14.6 Å². The molecule has 0 aliphatic heterocycles. The number of ether oxygens (including phenoxy) is 2. The van der Waals surface area contributed by atoms with E-state index in [1.54, 1.807) is 12.1 Å². The van der Waals surface area contributed by atoms with Crippen LogP contribution in [0.3, 0.4) is 0 Å². The van der Waals surface area contributed by atoms with Crippen LogP contribution in [0.15, 0.2) is 48.5 Å². The Morgan fingerprint density at radius 2 is 1.63 bits per heavy atom. The van der Waals surface area contributed by atoms with Crippen molar-refractivity contribution in [2.45, 2.75) is 59.5 Å². The molecule has 0 spiro atoms. The molecule has 27 heavy (non-hydrogen) atoms. The third kappa shape index (κ3) is 8.63. The van der Waals surface area contributed by atoms with Crippen molar-refractivity contribution in [3.8, 4) is 11.5 Å². The third-order valence-corrected chi connectivity index (χ3v) is 3.94. The van der Waals surface area contributed by atoms with Gasteiger partial charge in [-0.15, -0.1) is 0 Å². The van der Waals surface area contributed by atoms with E-state index in [0.717, 1.165) is 18.4 Å². The van der Waals surface area contributed by atoms with Crippen molar-refractivity contribution in [1.82, 2.24) is 0 Å². The van der Waals surface area contributed by atoms with Crippen LogP contribution < -0.4 is 9.47 Å². The highest BCUT2D eigenvalue weighted by atomic mass is 16.5. The Morgan fingerprint density at radius 1 is 0.926 bits per heavy atom. The lowest BCUT2D eigenvalue weighted by Gasteiger charge is -2.12. The number of hydrogen-bond acceptors (Lipinski definition) is 3. The van der Waals surface area contributed by atoms with Gasteiger partial charge in [-0.05, 0) is 24.1 Å². The van der Waals surface area contributed by atoms with E-state index < -0.39 is 5.97 Å². The fourth-order valence-corrected chi connectivity index (χ4v) is 2.52. The smallest absolute Gasteiger partial charge is 0.339 e. The van der Waals surface area contributed by atoms with Crippen LogP contribution in [-0.4, -0.2) is 17.7 Å². The summed E-state index contributed by atoms with van der Waals surface area (Å²) in [5.74, 6) is -0.0300. The molecule has 0 heterocycles. The number of rotatable bonds is 11. The lowest BCUT2D eigenvalue weighted by molar-refractivity contribution is 0.0691. The quantitative estimate of drug-likeness (QED) is 0.468. The summed E-state index contributed by atoms with van der Waals surface area (Å²) in [7, 11) is 0. The van der Waals surface area contributed by atoms with Crippen molar-refractivity contribution >= 4 is 5.97 Å². The predicted octanol–water partition coefficient (Wildman–Crippen LogP) is 6.34. The molecule has 2 aromatic rings. The minimum absolute atomic E-state index is 0.145. The molecule has 0 atom stereocenters. The summed E-state index contributed by atoms with van der Waals surface area (Å²) in [5.41, 5.74) is 1.13. The van der Waals surface area contributed by atoms with Crippen LogP contribution in [0.2, 0.25) is 0 Å². The number of carboxylic acid groups (broad SMARTS) is 1. The Bertz CT molecular complexity index is 653. The molecule has 0 saturated carbocycles. The first kappa shape index (κ1) is 22.6. The normalized spacial score (nSPS) is 9.89. The minimum atomic E-state index is -1.01. The molecule has 0 saturated heterocycles. The monoisotopic (exact) mass is 372 g/mol. The highest BCUT2D eigenvalue weighted by Gasteiger charge is 2.13. The molecule has 0 amide bonds. The minimum Gasteiger partial charge on any atom is -0.493 e. The maximum absolute atomic E-state index is 11.4. The van der Waals surface area contributed by atoms with E-state index in [1.807, 2.05) is 44.2 Å². The summed E-state index contributed by atoms with van der Waals surface area (Å²) >= 11 is 0. The molecule has 4 nitrogen and oxygen atoms in total. The molecule has 4 heteroatoms. The van der Waals surface area contributed by atoms with Crippen molar-refractivity contribution in [3.63, 3.8) is 0 Å². The zero-order chi connectivity index (χ0) is 19.9. The molecule has 2 aromatic carbocycles. The van der Waals surface area contributed by atoms with Gasteiger partial charge in [0.05, 0.1) is 6.61 Å². The van der Waals surface area contributed by atoms with E-state index in [2.05, 4.69) is 6.92 Å². The SMILES string of the molecule is CC.CCCCCCCOc1ccc(C(=O)O)c(OCc2ccccc2)c1. The van der Waals surface area contributed by atoms with Crippen molar-refractivity contribution in [3.05, 3.63) is 59.7 Å². The van der Waals surface area contributed by atoms with Crippen LogP contribution in [0.1, 0.15) is 68.8 Å². The first-order chi connectivity index (χ1) is 13.2. The molecule has 0 aromatic heterocycles. The fraction of sp³-hybridized carbons (Fsp3) is 0.435. The molecule has 148 valence electrons. The third-order valence-electron chi connectivity index (χ3n) is 3.94. The topological polar surface area (TPSA) is 55.8 Å². The molecular formula is C23H32O4. The van der Waals surface area contributed by atoms with E-state index in [-0.39, 0.29) is 5.56 Å². The molecule has 0 bridgehead atoms. The van der Waals surface area contributed by atoms with Gasteiger partial charge in [0.25, 0.3) is 0 Å². The number of aromatic carboxylic acids is 1. The largest absolute Gasteiger partial charge is 0.493 e. The second-order valence-electron chi connectivity index (χ2n) is 6.00. The number of hydrogen-bond donors (Lipinski definition) is 1. The molecular weight excluding hydrogens is 340 g/mol. The van der Waals surface area contributed by atoms with Gasteiger partial charge in [0.2, 0.25) is 0 Å². The van der Waals surface area contributed by atoms with Gasteiger partial charge in [-0.25, -0.2) is 4.79 Å². The van der Waals surface area contributed by atoms with Crippen molar-refractivity contribution in [2.75, 3.05) is 6.61 Å². The van der Waals surface area contributed by atoms with Crippen LogP contribution in [0, 0.1) is 0 Å². The molecule has 1 N–H and O–H groups in total. The summed E-state index contributed by atoms with van der Waals surface area (Å²) < 4.78 is 11.5. The lowest BCUT2D eigenvalue weighted by atomic mass is 10.1. The fourth-order valence-electron chi connectivity index (χ4n) is 2.52. The highest BCUT2D eigenvalue weighted by Crippen LogP contribution is 2.26. The molecule has 0 fully saturated rings. The Balaban J connectivity index is 0.00000176. The van der Waals surface area contributed by atoms with Crippen molar-refractivity contribution < 1.29 is 19.4 Å². The van der Waals surface area contributed by atoms with Crippen LogP contribution >= 0.6 is 0 Å². The Kier molecular flexibility index (Phi) is 11.4. The van der Waals surface area contributed by atoms with Crippen LogP contribution in [0.4, 0.5) is 0 Å². The Hall–Kier alpha value is -2.49. The predicted molar refractivity (Wildman–Crippen MR) is 110 cm³/mol. The van der Waals surface area contributed by atoms with Crippen molar-refractivity contribution in [2.24, 2.45) is 0 Å². The number of benzene rings is 2. The molecule has 0 aliphatic rings. The number of carbonyl (C=O) groups is 1. The Labute approximate surface area is 163 Å². The van der Waals surface area contributed by atoms with Gasteiger partial charge in [-0.3, -0.25) is 0 Å². The summed E-state index contributed by atoms with van der Waals surface area (Å²) in [6.45, 7) is 7.15. The van der Waals surface area contributed by atoms with Gasteiger partial charge in [0.15, 0.2) is 0 Å². The standard InChI is InChI=1S/C21H26O4.C2H6/c1-2-3-4-5-9-14-24-18-12-13-19(21(22)23)20(15-18)25-16-17-10-7-6-8-11-17;1-2/h6-8,10-13,15H,2-5,9,14,16H2,1H3,(H,22,23);1-2H3. The van der Waals surface area contributed by atoms with Crippen LogP contribution in [0.5, 0.6) is 11.5 Å². The lowest BCUT2D eigenvalue weighted by Crippen LogP contribution is -2.05. The summed E-state index contributed by atoms with van der Waals surface area (Å²) in [4.78, 5) is 11.4. The van der Waals surface area contributed by atoms with E-state index in [4.69, 9.17) is 9.47 Å². The average Bonchev–Trinajstić information content (AvgIpc) is 2.71. The highest BCUT2D eigenvalue weighted by molar-refractivity contribution is 5.91. The zero-order valence-electron chi connectivity index (χ0n) is 16.7. The van der Waals surface area contributed by atoms with Crippen LogP contribution in [0.25, 0.3) is 0 Å². The number of carboxylic acids is 1. The molecule has 2 rings (SSSR count). The molecule has 0 aliphatic carbocycles. The van der Waals surface area contributed by atoms with Gasteiger partial charge in [0, 0.05) is 6.07 Å². The second kappa shape index (κ2) is 13.7. The molecule has 0 radical (unpaired) electrons. The maximum Gasteiger partial charge on any atom is 0.339 e. The summed E-state index contributed by atoms with van der Waals surface area (Å²) in [5, 5.41) is 9.33. The average molecular weight is 373 g/mol. The van der Waals surface area contributed by atoms with E-state index in [1.165, 1.54) is 25.3 Å². The van der Waals surface area contributed by atoms with E-state index in [9.17, 15) is 9.90 Å². The Morgan fingerprint density at radius 3 is 2.30 bits per heavy atom. The van der Waals surface area contributed by atoms with E-state index in [0.29, 0.717) is 24.7 Å². The van der Waals surface area contributed by atoms with Gasteiger partial charge >= 0.3 is 5.97 Å². The van der Waals surface area contributed by atoms with Gasteiger partial charge in [0.1, 0.15) is 23.7 Å². The zero-order valence-corrected chi connectivity index (χ0v) is 16.7. The van der Waals surface area contributed by atoms with Crippen LogP contribution in [-0.2, 0) is 6.61 Å².